The second-order valence-corrected chi connectivity index (χ2v) is 9.26. The molecule has 3 aromatic carbocycles. The van der Waals surface area contributed by atoms with Crippen molar-refractivity contribution in [3.63, 3.8) is 0 Å². The number of hydrogen-bond acceptors (Lipinski definition) is 7. The Bertz CT molecular complexity index is 1280. The van der Waals surface area contributed by atoms with Gasteiger partial charge in [0.05, 0.1) is 0 Å². The van der Waals surface area contributed by atoms with Crippen molar-refractivity contribution in [2.75, 3.05) is 12.1 Å². The second kappa shape index (κ2) is 12.3. The predicted molar refractivity (Wildman–Crippen MR) is 143 cm³/mol. The monoisotopic (exact) mass is 617 g/mol. The van der Waals surface area contributed by atoms with Crippen LogP contribution in [0.2, 0.25) is 0 Å². The number of fused-ring (bicyclic) bond motifs is 1. The summed E-state index contributed by atoms with van der Waals surface area (Å²) in [5.41, 5.74) is 0.792. The largest absolute Gasteiger partial charge is 0.508 e. The number of amides is 1. The summed E-state index contributed by atoms with van der Waals surface area (Å²) in [7, 11) is 0. The van der Waals surface area contributed by atoms with Crippen LogP contribution < -0.4 is 19.5 Å². The van der Waals surface area contributed by atoms with Gasteiger partial charge in [0.1, 0.15) is 17.6 Å². The molecular weight excluding hydrogens is 593 g/mol. The van der Waals surface area contributed by atoms with Gasteiger partial charge < -0.3 is 29.2 Å². The molecule has 1 aliphatic rings. The summed E-state index contributed by atoms with van der Waals surface area (Å²) in [5, 5.41) is 22.3. The van der Waals surface area contributed by atoms with Crippen LogP contribution in [0.3, 0.4) is 0 Å². The number of para-hydroxylation sites is 1. The molecule has 0 bridgehead atoms. The summed E-state index contributed by atoms with van der Waals surface area (Å²) < 4.78 is 23.5. The second-order valence-electron chi connectivity index (χ2n) is 8.01. The third kappa shape index (κ3) is 7.29. The number of nitrogens with one attached hydrogen (secondary N) is 1. The molecule has 37 heavy (non-hydrogen) atoms. The normalized spacial score (nSPS) is 13.6. The number of carbonyl (C=O) groups is 2. The van der Waals surface area contributed by atoms with Gasteiger partial charge in [0, 0.05) is 27.0 Å². The molecule has 0 saturated carbocycles. The van der Waals surface area contributed by atoms with Crippen molar-refractivity contribution in [3.05, 3.63) is 88.0 Å². The van der Waals surface area contributed by atoms with Gasteiger partial charge >= 0.3 is 12.1 Å². The zero-order valence-corrected chi connectivity index (χ0v) is 21.7. The average molecular weight is 617 g/mol. The van der Waals surface area contributed by atoms with Crippen molar-refractivity contribution in [2.45, 2.75) is 25.0 Å². The maximum Gasteiger partial charge on any atom is 0.412 e. The fraction of sp³-hybridized carbons (Fsp3) is 0.185. The quantitative estimate of drug-likeness (QED) is 0.190. The Labute approximate surface area is 226 Å². The molecule has 1 amide bonds. The molecule has 3 N–H and O–H groups in total. The molecular formula is C27H24INO8. The highest BCUT2D eigenvalue weighted by molar-refractivity contribution is 14.1. The number of carboxylic acids is 1. The van der Waals surface area contributed by atoms with Crippen molar-refractivity contribution < 1.29 is 38.7 Å². The van der Waals surface area contributed by atoms with Crippen LogP contribution in [0.4, 0.5) is 10.5 Å². The van der Waals surface area contributed by atoms with Gasteiger partial charge in [-0.05, 0) is 77.9 Å². The van der Waals surface area contributed by atoms with Gasteiger partial charge in [-0.3, -0.25) is 5.32 Å². The number of phenols is 1. The van der Waals surface area contributed by atoms with Gasteiger partial charge in [0.2, 0.25) is 6.79 Å². The van der Waals surface area contributed by atoms with E-state index in [9.17, 15) is 14.7 Å². The summed E-state index contributed by atoms with van der Waals surface area (Å²) in [6, 6.07) is 18.9. The van der Waals surface area contributed by atoms with Gasteiger partial charge in [0.15, 0.2) is 17.6 Å². The fourth-order valence-corrected chi connectivity index (χ4v) is 4.24. The van der Waals surface area contributed by atoms with Crippen molar-refractivity contribution >= 4 is 40.3 Å². The minimum atomic E-state index is -1.06. The van der Waals surface area contributed by atoms with Crippen molar-refractivity contribution in [3.8, 4) is 23.0 Å². The molecule has 0 aromatic heterocycles. The van der Waals surface area contributed by atoms with Gasteiger partial charge in [-0.2, -0.15) is 0 Å². The molecule has 1 heterocycles. The molecule has 10 heteroatoms. The number of aromatic hydroxyl groups is 1. The lowest BCUT2D eigenvalue weighted by atomic mass is 9.99. The van der Waals surface area contributed by atoms with Crippen LogP contribution in [0.5, 0.6) is 23.0 Å². The lowest BCUT2D eigenvalue weighted by Gasteiger charge is -2.28. The Morgan fingerprint density at radius 3 is 2.62 bits per heavy atom. The third-order valence-electron chi connectivity index (χ3n) is 5.40. The SMILES string of the molecule is O=C(O)/C=C/CC[C@H](Oc1ccccc1)[C@@H](OC(=O)Nc1ccc2c(c1)OCO2)c1cc(I)ccc1O. The molecule has 4 rings (SSSR count). The molecule has 0 saturated heterocycles. The first-order valence-electron chi connectivity index (χ1n) is 11.4. The van der Waals surface area contributed by atoms with E-state index in [1.165, 1.54) is 12.1 Å². The highest BCUT2D eigenvalue weighted by Crippen LogP contribution is 2.36. The zero-order chi connectivity index (χ0) is 26.2. The van der Waals surface area contributed by atoms with Crippen LogP contribution in [-0.4, -0.2) is 35.2 Å². The van der Waals surface area contributed by atoms with Crippen LogP contribution in [0.1, 0.15) is 24.5 Å². The maximum atomic E-state index is 13.0. The lowest BCUT2D eigenvalue weighted by Crippen LogP contribution is -2.31. The highest BCUT2D eigenvalue weighted by Gasteiger charge is 2.31. The molecule has 0 aliphatic carbocycles. The topological polar surface area (TPSA) is 124 Å². The van der Waals surface area contributed by atoms with E-state index >= 15 is 0 Å². The van der Waals surface area contributed by atoms with Crippen LogP contribution in [-0.2, 0) is 9.53 Å². The Balaban J connectivity index is 1.61. The van der Waals surface area contributed by atoms with Crippen molar-refractivity contribution in [1.29, 1.82) is 0 Å². The number of ether oxygens (including phenoxy) is 4. The first kappa shape index (κ1) is 26.1. The Morgan fingerprint density at radius 2 is 1.84 bits per heavy atom. The molecule has 192 valence electrons. The highest BCUT2D eigenvalue weighted by atomic mass is 127. The number of carbonyl (C=O) groups excluding carboxylic acids is 1. The number of anilines is 1. The van der Waals surface area contributed by atoms with Crippen molar-refractivity contribution in [1.82, 2.24) is 0 Å². The van der Waals surface area contributed by atoms with E-state index in [2.05, 4.69) is 27.9 Å². The van der Waals surface area contributed by atoms with E-state index in [0.717, 1.165) is 9.65 Å². The Morgan fingerprint density at radius 1 is 1.05 bits per heavy atom. The zero-order valence-electron chi connectivity index (χ0n) is 19.5. The van der Waals surface area contributed by atoms with E-state index in [0.29, 0.717) is 41.3 Å². The summed E-state index contributed by atoms with van der Waals surface area (Å²) >= 11 is 2.10. The third-order valence-corrected chi connectivity index (χ3v) is 6.07. The standard InChI is InChI=1S/C27H24INO8/c28-17-10-12-21(30)20(14-17)26(37-27(33)29-18-11-13-22-24(15-18)35-16-34-22)23(8-4-5-9-25(31)32)36-19-6-2-1-3-7-19/h1-3,5-7,9-15,23,26,30H,4,8,16H2,(H,29,33)(H,31,32)/b9-5+/t23-,26-/m0/s1. The molecule has 0 radical (unpaired) electrons. The minimum absolute atomic E-state index is 0.0657. The molecule has 3 aromatic rings. The number of halogens is 1. The number of allylic oxidation sites excluding steroid dienone is 1. The maximum absolute atomic E-state index is 13.0. The summed E-state index contributed by atoms with van der Waals surface area (Å²) in [6.45, 7) is 0.103. The molecule has 2 atom stereocenters. The first-order chi connectivity index (χ1) is 17.9. The number of rotatable bonds is 10. The van der Waals surface area contributed by atoms with Crippen LogP contribution >= 0.6 is 22.6 Å². The number of phenolic OH excluding ortho intramolecular Hbond substituents is 1. The van der Waals surface area contributed by atoms with E-state index in [-0.39, 0.29) is 12.5 Å². The van der Waals surface area contributed by atoms with Crippen LogP contribution in [0, 0.1) is 3.57 Å². The van der Waals surface area contributed by atoms with E-state index in [4.69, 9.17) is 24.1 Å². The van der Waals surface area contributed by atoms with E-state index in [1.54, 1.807) is 42.5 Å². The minimum Gasteiger partial charge on any atom is -0.508 e. The van der Waals surface area contributed by atoms with Crippen molar-refractivity contribution in [2.24, 2.45) is 0 Å². The number of aliphatic carboxylic acids is 1. The van der Waals surface area contributed by atoms with E-state index in [1.807, 2.05) is 18.2 Å². The molecule has 1 aliphatic heterocycles. The predicted octanol–water partition coefficient (Wildman–Crippen LogP) is 5.88. The Hall–Kier alpha value is -3.93. The Kier molecular flexibility index (Phi) is 8.72. The molecule has 0 spiro atoms. The van der Waals surface area contributed by atoms with Crippen LogP contribution in [0.15, 0.2) is 78.9 Å². The van der Waals surface area contributed by atoms with Gasteiger partial charge in [-0.25, -0.2) is 9.59 Å². The number of carboxylic acid groups (broad SMARTS) is 1. The fourth-order valence-electron chi connectivity index (χ4n) is 3.72. The summed E-state index contributed by atoms with van der Waals surface area (Å²) in [4.78, 5) is 23.9. The molecule has 0 unspecified atom stereocenters. The van der Waals surface area contributed by atoms with E-state index < -0.39 is 24.3 Å². The van der Waals surface area contributed by atoms with Gasteiger partial charge in [-0.1, -0.05) is 24.3 Å². The molecule has 0 fully saturated rings. The summed E-state index contributed by atoms with van der Waals surface area (Å²) in [5.74, 6) is 0.478. The number of benzene rings is 3. The smallest absolute Gasteiger partial charge is 0.412 e. The van der Waals surface area contributed by atoms with Crippen LogP contribution in [0.25, 0.3) is 0 Å². The van der Waals surface area contributed by atoms with Gasteiger partial charge in [-0.15, -0.1) is 0 Å². The molecule has 9 nitrogen and oxygen atoms in total. The number of hydrogen-bond donors (Lipinski definition) is 3. The summed E-state index contributed by atoms with van der Waals surface area (Å²) in [6.07, 6.45) is 0.621. The average Bonchev–Trinajstić information content (AvgIpc) is 3.34. The van der Waals surface area contributed by atoms with Gasteiger partial charge in [0.25, 0.3) is 0 Å². The lowest BCUT2D eigenvalue weighted by molar-refractivity contribution is -0.131. The first-order valence-corrected chi connectivity index (χ1v) is 12.4.